The molecule has 2 rings (SSSR count). The molecule has 0 saturated heterocycles. The van der Waals surface area contributed by atoms with Crippen LogP contribution in [0.4, 0.5) is 0 Å². The predicted molar refractivity (Wildman–Crippen MR) is 81.1 cm³/mol. The molecule has 104 valence electrons. The number of rotatable bonds is 4. The van der Waals surface area contributed by atoms with Crippen molar-refractivity contribution in [1.29, 1.82) is 0 Å². The average Bonchev–Trinajstić information content (AvgIpc) is 2.46. The molecule has 3 N–H and O–H groups in total. The number of hydrazine groups is 1. The van der Waals surface area contributed by atoms with E-state index in [1.54, 1.807) is 0 Å². The molecule has 1 aliphatic carbocycles. The first-order valence-electron chi connectivity index (χ1n) is 7.37. The third-order valence-corrected chi connectivity index (χ3v) is 3.97. The first-order valence-corrected chi connectivity index (χ1v) is 7.37. The molecule has 0 spiro atoms. The average molecular weight is 259 g/mol. The van der Waals surface area contributed by atoms with E-state index in [0.717, 1.165) is 18.7 Å². The quantitative estimate of drug-likeness (QED) is 0.378. The van der Waals surface area contributed by atoms with E-state index in [1.165, 1.54) is 43.2 Å². The maximum absolute atomic E-state index is 5.61. The molecule has 1 aromatic carbocycles. The van der Waals surface area contributed by atoms with E-state index < -0.39 is 0 Å². The smallest absolute Gasteiger partial charge is 0.111 e. The summed E-state index contributed by atoms with van der Waals surface area (Å²) in [4.78, 5) is 4.78. The molecule has 0 unspecified atom stereocenters. The summed E-state index contributed by atoms with van der Waals surface area (Å²) >= 11 is 0. The Balaban J connectivity index is 1.91. The molecule has 1 aromatic rings. The second kappa shape index (κ2) is 7.29. The molecule has 0 aromatic heterocycles. The van der Waals surface area contributed by atoms with Crippen LogP contribution in [0.1, 0.15) is 49.7 Å². The first kappa shape index (κ1) is 14.1. The standard InChI is InChI=1S/C16H25N3/c1-13-7-5-6-8-14(13)11-12-16(19-17)18-15-9-3-2-4-10-15/h5-8,15H,2-4,9-12,17H2,1H3,(H,18,19). The van der Waals surface area contributed by atoms with E-state index in [-0.39, 0.29) is 0 Å². The molecule has 19 heavy (non-hydrogen) atoms. The van der Waals surface area contributed by atoms with Crippen LogP contribution in [-0.2, 0) is 6.42 Å². The molecular weight excluding hydrogens is 234 g/mol. The van der Waals surface area contributed by atoms with Gasteiger partial charge in [0.1, 0.15) is 5.84 Å². The number of nitrogens with two attached hydrogens (primary N) is 1. The summed E-state index contributed by atoms with van der Waals surface area (Å²) < 4.78 is 0. The topological polar surface area (TPSA) is 50.4 Å². The Morgan fingerprint density at radius 3 is 2.68 bits per heavy atom. The first-order chi connectivity index (χ1) is 9.29. The van der Waals surface area contributed by atoms with Crippen molar-refractivity contribution in [3.8, 4) is 0 Å². The summed E-state index contributed by atoms with van der Waals surface area (Å²) in [6.45, 7) is 2.16. The Labute approximate surface area is 116 Å². The Hall–Kier alpha value is -1.35. The van der Waals surface area contributed by atoms with Gasteiger partial charge < -0.3 is 5.43 Å². The highest BCUT2D eigenvalue weighted by Gasteiger charge is 2.13. The van der Waals surface area contributed by atoms with Gasteiger partial charge in [0, 0.05) is 6.42 Å². The SMILES string of the molecule is Cc1ccccc1CCC(=NC1CCCCC1)NN. The van der Waals surface area contributed by atoms with Gasteiger partial charge in [-0.3, -0.25) is 4.99 Å². The van der Waals surface area contributed by atoms with Crippen LogP contribution in [0.2, 0.25) is 0 Å². The van der Waals surface area contributed by atoms with Gasteiger partial charge >= 0.3 is 0 Å². The largest absolute Gasteiger partial charge is 0.312 e. The van der Waals surface area contributed by atoms with Crippen molar-refractivity contribution in [2.24, 2.45) is 10.8 Å². The van der Waals surface area contributed by atoms with Gasteiger partial charge in [-0.2, -0.15) is 0 Å². The van der Waals surface area contributed by atoms with Gasteiger partial charge in [-0.05, 0) is 37.3 Å². The molecule has 0 aliphatic heterocycles. The van der Waals surface area contributed by atoms with Gasteiger partial charge in [0.25, 0.3) is 0 Å². The maximum Gasteiger partial charge on any atom is 0.111 e. The lowest BCUT2D eigenvalue weighted by Crippen LogP contribution is -2.32. The molecule has 0 heterocycles. The molecule has 0 radical (unpaired) electrons. The second-order valence-electron chi connectivity index (χ2n) is 5.44. The van der Waals surface area contributed by atoms with E-state index in [1.807, 2.05) is 0 Å². The zero-order chi connectivity index (χ0) is 13.5. The number of benzene rings is 1. The fraction of sp³-hybridized carbons (Fsp3) is 0.562. The van der Waals surface area contributed by atoms with Crippen LogP contribution in [-0.4, -0.2) is 11.9 Å². The van der Waals surface area contributed by atoms with Crippen molar-refractivity contribution in [3.63, 3.8) is 0 Å². The molecule has 1 fully saturated rings. The Bertz CT molecular complexity index is 420. The van der Waals surface area contributed by atoms with Crippen molar-refractivity contribution >= 4 is 5.84 Å². The predicted octanol–water partition coefficient (Wildman–Crippen LogP) is 3.12. The number of hydrogen-bond donors (Lipinski definition) is 2. The summed E-state index contributed by atoms with van der Waals surface area (Å²) in [5.74, 6) is 6.57. The number of nitrogens with zero attached hydrogens (tertiary/aromatic N) is 1. The maximum atomic E-state index is 5.61. The lowest BCUT2D eigenvalue weighted by atomic mass is 9.96. The molecule has 0 atom stereocenters. The highest BCUT2D eigenvalue weighted by atomic mass is 15.3. The monoisotopic (exact) mass is 259 g/mol. The number of amidine groups is 1. The Kier molecular flexibility index (Phi) is 5.40. The minimum absolute atomic E-state index is 0.483. The van der Waals surface area contributed by atoms with Crippen LogP contribution in [0.15, 0.2) is 29.3 Å². The molecule has 0 bridgehead atoms. The lowest BCUT2D eigenvalue weighted by molar-refractivity contribution is 0.441. The summed E-state index contributed by atoms with van der Waals surface area (Å²) in [6, 6.07) is 9.00. The highest BCUT2D eigenvalue weighted by Crippen LogP contribution is 2.20. The zero-order valence-electron chi connectivity index (χ0n) is 11.9. The van der Waals surface area contributed by atoms with Crippen LogP contribution in [0.5, 0.6) is 0 Å². The lowest BCUT2D eigenvalue weighted by Gasteiger charge is -2.19. The van der Waals surface area contributed by atoms with Gasteiger partial charge in [-0.1, -0.05) is 43.5 Å². The van der Waals surface area contributed by atoms with Crippen LogP contribution < -0.4 is 11.3 Å². The fourth-order valence-electron chi connectivity index (χ4n) is 2.75. The van der Waals surface area contributed by atoms with Gasteiger partial charge in [0.05, 0.1) is 6.04 Å². The van der Waals surface area contributed by atoms with Crippen molar-refractivity contribution in [1.82, 2.24) is 5.43 Å². The number of nitrogens with one attached hydrogen (secondary N) is 1. The third kappa shape index (κ3) is 4.35. The Morgan fingerprint density at radius 1 is 1.26 bits per heavy atom. The molecule has 3 heteroatoms. The number of aliphatic imine (C=N–C) groups is 1. The van der Waals surface area contributed by atoms with Crippen molar-refractivity contribution < 1.29 is 0 Å². The molecule has 1 saturated carbocycles. The van der Waals surface area contributed by atoms with Crippen molar-refractivity contribution in [2.45, 2.75) is 57.9 Å². The molecular formula is C16H25N3. The van der Waals surface area contributed by atoms with Crippen molar-refractivity contribution in [2.75, 3.05) is 0 Å². The molecule has 0 amide bonds. The summed E-state index contributed by atoms with van der Waals surface area (Å²) in [5.41, 5.74) is 5.52. The summed E-state index contributed by atoms with van der Waals surface area (Å²) in [7, 11) is 0. The van der Waals surface area contributed by atoms with Gasteiger partial charge in [0.15, 0.2) is 0 Å². The van der Waals surface area contributed by atoms with Gasteiger partial charge in [-0.15, -0.1) is 0 Å². The van der Waals surface area contributed by atoms with Gasteiger partial charge in [0.2, 0.25) is 0 Å². The fourth-order valence-corrected chi connectivity index (χ4v) is 2.75. The summed E-state index contributed by atoms with van der Waals surface area (Å²) in [5, 5.41) is 0. The van der Waals surface area contributed by atoms with Crippen molar-refractivity contribution in [3.05, 3.63) is 35.4 Å². The van der Waals surface area contributed by atoms with Crippen LogP contribution in [0.25, 0.3) is 0 Å². The normalized spacial score (nSPS) is 17.5. The van der Waals surface area contributed by atoms with E-state index >= 15 is 0 Å². The second-order valence-corrected chi connectivity index (χ2v) is 5.44. The van der Waals surface area contributed by atoms with E-state index in [0.29, 0.717) is 6.04 Å². The highest BCUT2D eigenvalue weighted by molar-refractivity contribution is 5.82. The Morgan fingerprint density at radius 2 is 2.00 bits per heavy atom. The summed E-state index contributed by atoms with van der Waals surface area (Å²) in [6.07, 6.45) is 8.32. The van der Waals surface area contributed by atoms with E-state index in [9.17, 15) is 0 Å². The minimum Gasteiger partial charge on any atom is -0.312 e. The zero-order valence-corrected chi connectivity index (χ0v) is 11.9. The number of aryl methyl sites for hydroxylation is 2. The van der Waals surface area contributed by atoms with E-state index in [2.05, 4.69) is 36.6 Å². The third-order valence-electron chi connectivity index (χ3n) is 3.97. The van der Waals surface area contributed by atoms with Crippen LogP contribution in [0, 0.1) is 6.92 Å². The van der Waals surface area contributed by atoms with Gasteiger partial charge in [-0.25, -0.2) is 5.84 Å². The molecule has 1 aliphatic rings. The number of hydrogen-bond acceptors (Lipinski definition) is 2. The minimum atomic E-state index is 0.483. The van der Waals surface area contributed by atoms with Crippen LogP contribution in [0.3, 0.4) is 0 Å². The van der Waals surface area contributed by atoms with Crippen LogP contribution >= 0.6 is 0 Å². The van der Waals surface area contributed by atoms with E-state index in [4.69, 9.17) is 10.8 Å². The molecule has 3 nitrogen and oxygen atoms in total.